The molecule has 0 aromatic rings. The quantitative estimate of drug-likeness (QED) is 0.554. The second-order valence-corrected chi connectivity index (χ2v) is 8.88. The van der Waals surface area contributed by atoms with Crippen LogP contribution in [0.5, 0.6) is 0 Å². The zero-order valence-corrected chi connectivity index (χ0v) is 16.1. The highest BCUT2D eigenvalue weighted by molar-refractivity contribution is 4.89. The van der Waals surface area contributed by atoms with Crippen LogP contribution >= 0.6 is 0 Å². The van der Waals surface area contributed by atoms with E-state index in [1.807, 2.05) is 0 Å². The largest absolute Gasteiger partial charge is 0.310 e. The first-order valence-corrected chi connectivity index (χ1v) is 9.01. The molecular weight excluding hydrogens is 272 g/mol. The van der Waals surface area contributed by atoms with E-state index in [-0.39, 0.29) is 11.1 Å². The predicted molar refractivity (Wildman–Crippen MR) is 97.5 cm³/mol. The molecule has 0 saturated carbocycles. The molecule has 1 aliphatic rings. The molecule has 4 heteroatoms. The van der Waals surface area contributed by atoms with Crippen LogP contribution in [0.25, 0.3) is 0 Å². The summed E-state index contributed by atoms with van der Waals surface area (Å²) in [5, 5.41) is 14.9. The summed E-state index contributed by atoms with van der Waals surface area (Å²) in [5.41, 5.74) is 0.310. The van der Waals surface area contributed by atoms with Crippen LogP contribution in [0, 0.1) is 0 Å². The maximum atomic E-state index is 3.73. The van der Waals surface area contributed by atoms with Gasteiger partial charge in [0.2, 0.25) is 0 Å². The van der Waals surface area contributed by atoms with Crippen molar-refractivity contribution in [2.24, 2.45) is 0 Å². The Morgan fingerprint density at radius 1 is 0.591 bits per heavy atom. The van der Waals surface area contributed by atoms with Crippen LogP contribution in [0.15, 0.2) is 0 Å². The third kappa shape index (κ3) is 7.91. The first kappa shape index (κ1) is 19.9. The second kappa shape index (κ2) is 8.09. The van der Waals surface area contributed by atoms with E-state index in [2.05, 4.69) is 76.7 Å². The van der Waals surface area contributed by atoms with Gasteiger partial charge in [0.15, 0.2) is 0 Å². The smallest absolute Gasteiger partial charge is 0.0166 e. The highest BCUT2D eigenvalue weighted by Crippen LogP contribution is 2.15. The zero-order valence-electron chi connectivity index (χ0n) is 16.1. The summed E-state index contributed by atoms with van der Waals surface area (Å²) in [6.07, 6.45) is 2.26. The molecule has 0 spiro atoms. The molecule has 0 aromatic heterocycles. The summed E-state index contributed by atoms with van der Waals surface area (Å²) in [6, 6.07) is 1.98. The molecule has 4 N–H and O–H groups in total. The standard InChI is InChI=1S/C18H40N4/c1-13-9-17(5,6)19-12-16(4)22-14(2)10-18(7,8)20-11-15(3)21-13/h13-16,19-22H,9-12H2,1-8H3/t13-,14+,15-,16+. The lowest BCUT2D eigenvalue weighted by Crippen LogP contribution is -2.55. The van der Waals surface area contributed by atoms with Gasteiger partial charge in [0.1, 0.15) is 0 Å². The van der Waals surface area contributed by atoms with Crippen LogP contribution in [0.2, 0.25) is 0 Å². The number of hydrogen-bond acceptors (Lipinski definition) is 4. The van der Waals surface area contributed by atoms with Crippen molar-refractivity contribution in [1.29, 1.82) is 0 Å². The second-order valence-electron chi connectivity index (χ2n) is 8.88. The minimum atomic E-state index is 0.155. The van der Waals surface area contributed by atoms with E-state index >= 15 is 0 Å². The normalized spacial score (nSPS) is 38.2. The van der Waals surface area contributed by atoms with Gasteiger partial charge in [-0.2, -0.15) is 0 Å². The van der Waals surface area contributed by atoms with E-state index in [1.165, 1.54) is 0 Å². The van der Waals surface area contributed by atoms with Crippen molar-refractivity contribution in [1.82, 2.24) is 21.3 Å². The van der Waals surface area contributed by atoms with E-state index in [4.69, 9.17) is 0 Å². The lowest BCUT2D eigenvalue weighted by atomic mass is 9.93. The van der Waals surface area contributed by atoms with Crippen molar-refractivity contribution < 1.29 is 0 Å². The minimum Gasteiger partial charge on any atom is -0.310 e. The van der Waals surface area contributed by atoms with Crippen molar-refractivity contribution in [2.75, 3.05) is 13.1 Å². The third-order valence-corrected chi connectivity index (χ3v) is 4.54. The average molecular weight is 313 g/mol. The van der Waals surface area contributed by atoms with Crippen molar-refractivity contribution in [2.45, 2.75) is 103 Å². The molecule has 0 amide bonds. The monoisotopic (exact) mass is 312 g/mol. The molecule has 1 aliphatic heterocycles. The number of nitrogens with one attached hydrogen (secondary N) is 4. The first-order valence-electron chi connectivity index (χ1n) is 9.01. The fourth-order valence-electron chi connectivity index (χ4n) is 3.74. The summed E-state index contributed by atoms with van der Waals surface area (Å²) in [6.45, 7) is 20.4. The van der Waals surface area contributed by atoms with Crippen LogP contribution in [-0.2, 0) is 0 Å². The predicted octanol–water partition coefficient (Wildman–Crippen LogP) is 2.25. The fraction of sp³-hybridized carbons (Fsp3) is 1.00. The van der Waals surface area contributed by atoms with Crippen molar-refractivity contribution in [3.8, 4) is 0 Å². The molecule has 0 aromatic carbocycles. The number of rotatable bonds is 0. The topological polar surface area (TPSA) is 48.1 Å². The van der Waals surface area contributed by atoms with E-state index in [0.29, 0.717) is 24.2 Å². The third-order valence-electron chi connectivity index (χ3n) is 4.54. The van der Waals surface area contributed by atoms with Crippen LogP contribution in [0.3, 0.4) is 0 Å². The lowest BCUT2D eigenvalue weighted by molar-refractivity contribution is 0.253. The Kier molecular flexibility index (Phi) is 7.31. The molecule has 1 heterocycles. The molecule has 1 rings (SSSR count). The van der Waals surface area contributed by atoms with Crippen LogP contribution < -0.4 is 21.3 Å². The summed E-state index contributed by atoms with van der Waals surface area (Å²) < 4.78 is 0. The van der Waals surface area contributed by atoms with E-state index < -0.39 is 0 Å². The van der Waals surface area contributed by atoms with Crippen LogP contribution in [0.4, 0.5) is 0 Å². The zero-order chi connectivity index (χ0) is 17.0. The molecule has 0 unspecified atom stereocenters. The Morgan fingerprint density at radius 3 is 1.23 bits per heavy atom. The van der Waals surface area contributed by atoms with Gasteiger partial charge in [-0.25, -0.2) is 0 Å². The van der Waals surface area contributed by atoms with Crippen LogP contribution in [-0.4, -0.2) is 48.3 Å². The molecule has 0 radical (unpaired) electrons. The van der Waals surface area contributed by atoms with E-state index in [1.54, 1.807) is 0 Å². The maximum absolute atomic E-state index is 3.73. The van der Waals surface area contributed by atoms with Gasteiger partial charge in [0, 0.05) is 48.3 Å². The molecular formula is C18H40N4. The molecule has 1 fully saturated rings. The Hall–Kier alpha value is -0.160. The van der Waals surface area contributed by atoms with Crippen LogP contribution in [0.1, 0.15) is 68.2 Å². The molecule has 4 nitrogen and oxygen atoms in total. The fourth-order valence-corrected chi connectivity index (χ4v) is 3.74. The SMILES string of the molecule is C[C@@H]1CNC(C)(C)C[C@H](C)N[C@@H](C)CNC(C)(C)C[C@@H](C)N1. The van der Waals surface area contributed by atoms with Gasteiger partial charge in [-0.15, -0.1) is 0 Å². The van der Waals surface area contributed by atoms with Gasteiger partial charge in [0.05, 0.1) is 0 Å². The molecule has 22 heavy (non-hydrogen) atoms. The number of hydrogen-bond donors (Lipinski definition) is 4. The summed E-state index contributed by atoms with van der Waals surface area (Å²) in [7, 11) is 0. The van der Waals surface area contributed by atoms with Gasteiger partial charge < -0.3 is 21.3 Å². The Balaban J connectivity index is 2.74. The van der Waals surface area contributed by atoms with Gasteiger partial charge >= 0.3 is 0 Å². The molecule has 132 valence electrons. The summed E-state index contributed by atoms with van der Waals surface area (Å²) >= 11 is 0. The molecule has 1 saturated heterocycles. The van der Waals surface area contributed by atoms with Crippen molar-refractivity contribution >= 4 is 0 Å². The Morgan fingerprint density at radius 2 is 0.909 bits per heavy atom. The average Bonchev–Trinajstić information content (AvgIpc) is 2.31. The van der Waals surface area contributed by atoms with Gasteiger partial charge in [-0.1, -0.05) is 0 Å². The first-order chi connectivity index (χ1) is 9.99. The minimum absolute atomic E-state index is 0.155. The van der Waals surface area contributed by atoms with Gasteiger partial charge in [-0.3, -0.25) is 0 Å². The molecule has 4 atom stereocenters. The van der Waals surface area contributed by atoms with Gasteiger partial charge in [0.25, 0.3) is 0 Å². The maximum Gasteiger partial charge on any atom is 0.0166 e. The van der Waals surface area contributed by atoms with Crippen molar-refractivity contribution in [3.05, 3.63) is 0 Å². The van der Waals surface area contributed by atoms with Crippen molar-refractivity contribution in [3.63, 3.8) is 0 Å². The summed E-state index contributed by atoms with van der Waals surface area (Å²) in [5.74, 6) is 0. The Bertz CT molecular complexity index is 295. The lowest BCUT2D eigenvalue weighted by Gasteiger charge is -2.36. The Labute approximate surface area is 138 Å². The van der Waals surface area contributed by atoms with E-state index in [0.717, 1.165) is 25.9 Å². The van der Waals surface area contributed by atoms with E-state index in [9.17, 15) is 0 Å². The highest BCUT2D eigenvalue weighted by atomic mass is 15.1. The van der Waals surface area contributed by atoms with Gasteiger partial charge in [-0.05, 0) is 68.2 Å². The molecule has 0 aliphatic carbocycles. The summed E-state index contributed by atoms with van der Waals surface area (Å²) in [4.78, 5) is 0. The molecule has 0 bridgehead atoms. The highest BCUT2D eigenvalue weighted by Gasteiger charge is 2.25.